The lowest BCUT2D eigenvalue weighted by atomic mass is 10.2. The number of rotatable bonds is 6. The lowest BCUT2D eigenvalue weighted by Gasteiger charge is -2.11. The fourth-order valence-corrected chi connectivity index (χ4v) is 1.95. The highest BCUT2D eigenvalue weighted by Crippen LogP contribution is 2.16. The van der Waals surface area contributed by atoms with Crippen molar-refractivity contribution in [3.8, 4) is 0 Å². The van der Waals surface area contributed by atoms with Crippen LogP contribution in [0.5, 0.6) is 0 Å². The first-order valence-electron chi connectivity index (χ1n) is 7.55. The molecule has 0 fully saturated rings. The Morgan fingerprint density at radius 3 is 2.61 bits per heavy atom. The Morgan fingerprint density at radius 1 is 1.13 bits per heavy atom. The minimum absolute atomic E-state index is 0.257. The van der Waals surface area contributed by atoms with Crippen molar-refractivity contribution >= 4 is 17.5 Å². The summed E-state index contributed by atoms with van der Waals surface area (Å²) in [4.78, 5) is 11.6. The fourth-order valence-electron chi connectivity index (χ4n) is 1.95. The highest BCUT2D eigenvalue weighted by atomic mass is 19.1. The Hall–Kier alpha value is -2.56. The third kappa shape index (κ3) is 5.98. The van der Waals surface area contributed by atoms with Gasteiger partial charge in [0.25, 0.3) is 0 Å². The molecule has 23 heavy (non-hydrogen) atoms. The van der Waals surface area contributed by atoms with Gasteiger partial charge in [0, 0.05) is 17.9 Å². The predicted molar refractivity (Wildman–Crippen MR) is 90.0 cm³/mol. The average molecular weight is 316 g/mol. The topological polar surface area (TPSA) is 50.4 Å². The number of nitrogens with one attached hydrogen (secondary N) is 2. The Morgan fingerprint density at radius 2 is 1.87 bits per heavy atom. The fraction of sp³-hybridized carbons (Fsp3) is 0.278. The summed E-state index contributed by atoms with van der Waals surface area (Å²) in [5.41, 5.74) is 2.32. The van der Waals surface area contributed by atoms with E-state index in [1.54, 1.807) is 18.2 Å². The summed E-state index contributed by atoms with van der Waals surface area (Å²) in [5, 5.41) is 5.88. The van der Waals surface area contributed by atoms with E-state index >= 15 is 0 Å². The first-order valence-corrected chi connectivity index (χ1v) is 7.55. The molecule has 5 heteroatoms. The molecule has 0 radical (unpaired) electrons. The van der Waals surface area contributed by atoms with E-state index in [9.17, 15) is 9.18 Å². The van der Waals surface area contributed by atoms with E-state index in [-0.39, 0.29) is 5.82 Å². The zero-order valence-corrected chi connectivity index (χ0v) is 13.3. The van der Waals surface area contributed by atoms with E-state index in [4.69, 9.17) is 4.74 Å². The van der Waals surface area contributed by atoms with Crippen LogP contribution in [0.25, 0.3) is 0 Å². The van der Waals surface area contributed by atoms with Crippen molar-refractivity contribution in [2.75, 3.05) is 17.2 Å². The smallest absolute Gasteiger partial charge is 0.411 e. The summed E-state index contributed by atoms with van der Waals surface area (Å²) in [6, 6.07) is 13.7. The van der Waals surface area contributed by atoms with Crippen LogP contribution in [-0.2, 0) is 11.3 Å². The average Bonchev–Trinajstić information content (AvgIpc) is 2.51. The maximum Gasteiger partial charge on any atom is 0.411 e. The van der Waals surface area contributed by atoms with Gasteiger partial charge in [-0.1, -0.05) is 32.0 Å². The van der Waals surface area contributed by atoms with Crippen molar-refractivity contribution in [2.45, 2.75) is 20.4 Å². The summed E-state index contributed by atoms with van der Waals surface area (Å²) < 4.78 is 18.2. The Balaban J connectivity index is 1.90. The monoisotopic (exact) mass is 316 g/mol. The zero-order valence-electron chi connectivity index (χ0n) is 13.3. The zero-order chi connectivity index (χ0) is 16.7. The van der Waals surface area contributed by atoms with Crippen molar-refractivity contribution in [2.24, 2.45) is 5.92 Å². The molecule has 2 N–H and O–H groups in total. The molecule has 0 saturated carbocycles. The Labute approximate surface area is 135 Å². The second-order valence-electron chi connectivity index (χ2n) is 5.68. The van der Waals surface area contributed by atoms with Crippen LogP contribution in [0.15, 0.2) is 48.5 Å². The Kier molecular flexibility index (Phi) is 5.97. The molecule has 0 heterocycles. The minimum Gasteiger partial charge on any atom is -0.449 e. The van der Waals surface area contributed by atoms with Crippen molar-refractivity contribution in [1.29, 1.82) is 0 Å². The van der Waals surface area contributed by atoms with Gasteiger partial charge in [-0.3, -0.25) is 5.32 Å². The molecule has 0 aliphatic carbocycles. The second-order valence-corrected chi connectivity index (χ2v) is 5.68. The molecule has 2 aromatic carbocycles. The van der Waals surface area contributed by atoms with Gasteiger partial charge in [-0.05, 0) is 41.8 Å². The van der Waals surface area contributed by atoms with Crippen LogP contribution < -0.4 is 10.6 Å². The number of ether oxygens (including phenoxy) is 1. The van der Waals surface area contributed by atoms with Gasteiger partial charge in [0.1, 0.15) is 5.82 Å². The van der Waals surface area contributed by atoms with Crippen molar-refractivity contribution in [3.05, 3.63) is 59.9 Å². The van der Waals surface area contributed by atoms with Gasteiger partial charge in [0.15, 0.2) is 0 Å². The van der Waals surface area contributed by atoms with Crippen molar-refractivity contribution in [3.63, 3.8) is 0 Å². The molecule has 0 unspecified atom stereocenters. The molecule has 0 aliphatic rings. The van der Waals surface area contributed by atoms with Crippen LogP contribution >= 0.6 is 0 Å². The lowest BCUT2D eigenvalue weighted by molar-refractivity contribution is 0.147. The summed E-state index contributed by atoms with van der Waals surface area (Å²) in [5.74, 6) is 0.0348. The van der Waals surface area contributed by atoms with Gasteiger partial charge < -0.3 is 10.1 Å². The van der Waals surface area contributed by atoms with E-state index < -0.39 is 6.09 Å². The summed E-state index contributed by atoms with van der Waals surface area (Å²) in [6.45, 7) is 4.83. The van der Waals surface area contributed by atoms with Crippen LogP contribution in [0.3, 0.4) is 0 Å². The number of benzene rings is 2. The molecule has 0 saturated heterocycles. The van der Waals surface area contributed by atoms with Gasteiger partial charge in [-0.25, -0.2) is 9.18 Å². The maximum absolute atomic E-state index is 13.1. The van der Waals surface area contributed by atoms with Gasteiger partial charge in [0.05, 0.1) is 6.61 Å². The first kappa shape index (κ1) is 16.8. The van der Waals surface area contributed by atoms with Gasteiger partial charge in [-0.2, -0.15) is 0 Å². The lowest BCUT2D eigenvalue weighted by Crippen LogP contribution is -2.16. The molecule has 0 aliphatic heterocycles. The van der Waals surface area contributed by atoms with Crippen LogP contribution in [0.1, 0.15) is 19.4 Å². The number of amides is 1. The number of carbonyl (C=O) groups is 1. The highest BCUT2D eigenvalue weighted by Gasteiger charge is 2.05. The van der Waals surface area contributed by atoms with E-state index in [0.717, 1.165) is 11.3 Å². The molecule has 4 nitrogen and oxygen atoms in total. The summed E-state index contributed by atoms with van der Waals surface area (Å²) in [7, 11) is 0. The summed E-state index contributed by atoms with van der Waals surface area (Å²) in [6.07, 6.45) is -0.471. The molecular formula is C18H21FN2O2. The highest BCUT2D eigenvalue weighted by molar-refractivity contribution is 5.85. The van der Waals surface area contributed by atoms with E-state index in [2.05, 4.69) is 10.6 Å². The molecule has 2 aromatic rings. The predicted octanol–water partition coefficient (Wildman–Crippen LogP) is 4.64. The molecule has 0 atom stereocenters. The largest absolute Gasteiger partial charge is 0.449 e. The number of anilines is 2. The number of halogens is 1. The van der Waals surface area contributed by atoms with Crippen LogP contribution in [-0.4, -0.2) is 12.7 Å². The maximum atomic E-state index is 13.1. The first-order chi connectivity index (χ1) is 11.0. The number of hydrogen-bond donors (Lipinski definition) is 2. The quantitative estimate of drug-likeness (QED) is 0.816. The van der Waals surface area contributed by atoms with Crippen LogP contribution in [0.4, 0.5) is 20.6 Å². The SMILES string of the molecule is CC(C)COC(=O)Nc1cccc(NCc2cccc(F)c2)c1. The molecule has 0 bridgehead atoms. The minimum atomic E-state index is -0.471. The van der Waals surface area contributed by atoms with Crippen LogP contribution in [0.2, 0.25) is 0 Å². The van der Waals surface area contributed by atoms with E-state index in [1.165, 1.54) is 12.1 Å². The standard InChI is InChI=1S/C18H21FN2O2/c1-13(2)12-23-18(22)21-17-8-4-7-16(10-17)20-11-14-5-3-6-15(19)9-14/h3-10,13,20H,11-12H2,1-2H3,(H,21,22). The van der Waals surface area contributed by atoms with Gasteiger partial charge >= 0.3 is 6.09 Å². The van der Waals surface area contributed by atoms with Crippen LogP contribution in [0, 0.1) is 11.7 Å². The number of hydrogen-bond acceptors (Lipinski definition) is 3. The van der Waals surface area contributed by atoms with Crippen molar-refractivity contribution in [1.82, 2.24) is 0 Å². The molecular weight excluding hydrogens is 295 g/mol. The third-order valence-electron chi connectivity index (χ3n) is 3.04. The summed E-state index contributed by atoms with van der Waals surface area (Å²) >= 11 is 0. The van der Waals surface area contributed by atoms with Gasteiger partial charge in [0.2, 0.25) is 0 Å². The third-order valence-corrected chi connectivity index (χ3v) is 3.04. The molecule has 0 spiro atoms. The second kappa shape index (κ2) is 8.17. The molecule has 122 valence electrons. The Bertz CT molecular complexity index is 659. The normalized spacial score (nSPS) is 10.4. The molecule has 0 aromatic heterocycles. The van der Waals surface area contributed by atoms with E-state index in [1.807, 2.05) is 32.0 Å². The van der Waals surface area contributed by atoms with E-state index in [0.29, 0.717) is 24.8 Å². The molecule has 1 amide bonds. The van der Waals surface area contributed by atoms with Gasteiger partial charge in [-0.15, -0.1) is 0 Å². The number of carbonyl (C=O) groups excluding carboxylic acids is 1. The molecule has 2 rings (SSSR count). The van der Waals surface area contributed by atoms with Crippen molar-refractivity contribution < 1.29 is 13.9 Å².